The van der Waals surface area contributed by atoms with Crippen LogP contribution < -0.4 is 10.1 Å². The molecular weight excluding hydrogens is 333 g/mol. The summed E-state index contributed by atoms with van der Waals surface area (Å²) in [6, 6.07) is 11.1. The molecule has 1 unspecified atom stereocenters. The second-order valence-corrected chi connectivity index (χ2v) is 5.93. The van der Waals surface area contributed by atoms with Crippen molar-refractivity contribution < 1.29 is 9.13 Å². The highest BCUT2D eigenvalue weighted by Crippen LogP contribution is 2.27. The highest BCUT2D eigenvalue weighted by Gasteiger charge is 2.14. The van der Waals surface area contributed by atoms with Gasteiger partial charge in [0.25, 0.3) is 0 Å². The smallest absolute Gasteiger partial charge is 0.126 e. The summed E-state index contributed by atoms with van der Waals surface area (Å²) in [7, 11) is 3.54. The Morgan fingerprint density at radius 2 is 2.00 bits per heavy atom. The number of benzene rings is 2. The zero-order valence-corrected chi connectivity index (χ0v) is 14.0. The summed E-state index contributed by atoms with van der Waals surface area (Å²) in [6.07, 6.45) is 0.577. The summed E-state index contributed by atoms with van der Waals surface area (Å²) in [5, 5.41) is 3.25. The summed E-state index contributed by atoms with van der Waals surface area (Å²) in [4.78, 5) is 0. The molecule has 112 valence electrons. The van der Waals surface area contributed by atoms with Crippen LogP contribution in [0.25, 0.3) is 0 Å². The lowest BCUT2D eigenvalue weighted by molar-refractivity contribution is 0.410. The topological polar surface area (TPSA) is 21.3 Å². The van der Waals surface area contributed by atoms with Crippen molar-refractivity contribution in [3.8, 4) is 5.75 Å². The van der Waals surface area contributed by atoms with Gasteiger partial charge in [-0.2, -0.15) is 0 Å². The number of aryl methyl sites for hydroxylation is 1. The van der Waals surface area contributed by atoms with Crippen LogP contribution in [0.15, 0.2) is 40.9 Å². The minimum absolute atomic E-state index is 0.0308. The molecular formula is C17H19BrFNO. The van der Waals surface area contributed by atoms with E-state index in [9.17, 15) is 4.39 Å². The van der Waals surface area contributed by atoms with E-state index in [4.69, 9.17) is 4.74 Å². The lowest BCUT2D eigenvalue weighted by atomic mass is 9.97. The van der Waals surface area contributed by atoms with Gasteiger partial charge in [0.05, 0.1) is 7.11 Å². The number of hydrogen-bond acceptors (Lipinski definition) is 2. The molecule has 0 heterocycles. The minimum atomic E-state index is -0.183. The van der Waals surface area contributed by atoms with Crippen LogP contribution in [-0.2, 0) is 6.42 Å². The van der Waals surface area contributed by atoms with Crippen LogP contribution in [0.3, 0.4) is 0 Å². The number of halogens is 2. The molecule has 0 fully saturated rings. The van der Waals surface area contributed by atoms with E-state index < -0.39 is 0 Å². The van der Waals surface area contributed by atoms with Crippen LogP contribution in [0.5, 0.6) is 5.75 Å². The zero-order chi connectivity index (χ0) is 15.4. The first-order chi connectivity index (χ1) is 10.0. The van der Waals surface area contributed by atoms with Gasteiger partial charge < -0.3 is 10.1 Å². The van der Waals surface area contributed by atoms with Crippen molar-refractivity contribution in [2.24, 2.45) is 0 Å². The maximum absolute atomic E-state index is 13.9. The van der Waals surface area contributed by atoms with Crippen molar-refractivity contribution in [2.45, 2.75) is 19.4 Å². The van der Waals surface area contributed by atoms with Gasteiger partial charge in [0.2, 0.25) is 0 Å². The first-order valence-corrected chi connectivity index (χ1v) is 7.60. The average molecular weight is 352 g/mol. The molecule has 2 nitrogen and oxygen atoms in total. The first kappa shape index (κ1) is 16.0. The maximum Gasteiger partial charge on any atom is 0.126 e. The fourth-order valence-electron chi connectivity index (χ4n) is 2.36. The van der Waals surface area contributed by atoms with Crippen molar-refractivity contribution in [3.63, 3.8) is 0 Å². The van der Waals surface area contributed by atoms with E-state index in [-0.39, 0.29) is 11.9 Å². The molecule has 0 radical (unpaired) electrons. The van der Waals surface area contributed by atoms with Crippen LogP contribution in [0.2, 0.25) is 0 Å². The van der Waals surface area contributed by atoms with Crippen LogP contribution in [-0.4, -0.2) is 14.2 Å². The number of nitrogens with one attached hydrogen (secondary N) is 1. The van der Waals surface area contributed by atoms with Gasteiger partial charge in [-0.3, -0.25) is 0 Å². The molecule has 2 aromatic carbocycles. The van der Waals surface area contributed by atoms with Crippen molar-refractivity contribution in [1.82, 2.24) is 5.32 Å². The largest absolute Gasteiger partial charge is 0.496 e. The summed E-state index contributed by atoms with van der Waals surface area (Å²) in [6.45, 7) is 2.00. The van der Waals surface area contributed by atoms with Gasteiger partial charge in [0.15, 0.2) is 0 Å². The second kappa shape index (κ2) is 7.05. The Hall–Kier alpha value is -1.39. The normalized spacial score (nSPS) is 12.2. The molecule has 0 aliphatic heterocycles. The van der Waals surface area contributed by atoms with Gasteiger partial charge in [-0.05, 0) is 61.3 Å². The molecule has 4 heteroatoms. The highest BCUT2D eigenvalue weighted by molar-refractivity contribution is 9.10. The lowest BCUT2D eigenvalue weighted by Crippen LogP contribution is -2.19. The van der Waals surface area contributed by atoms with E-state index in [1.807, 2.05) is 32.2 Å². The molecule has 1 N–H and O–H groups in total. The average Bonchev–Trinajstić information content (AvgIpc) is 2.49. The molecule has 0 spiro atoms. The Balaban J connectivity index is 2.29. The third kappa shape index (κ3) is 3.83. The molecule has 21 heavy (non-hydrogen) atoms. The third-order valence-electron chi connectivity index (χ3n) is 3.61. The lowest BCUT2D eigenvalue weighted by Gasteiger charge is -2.19. The van der Waals surface area contributed by atoms with E-state index in [1.165, 1.54) is 6.07 Å². The van der Waals surface area contributed by atoms with Crippen molar-refractivity contribution >= 4 is 15.9 Å². The molecule has 1 atom stereocenters. The number of hydrogen-bond donors (Lipinski definition) is 1. The van der Waals surface area contributed by atoms with Crippen LogP contribution >= 0.6 is 15.9 Å². The fraction of sp³-hybridized carbons (Fsp3) is 0.294. The molecule has 0 saturated carbocycles. The van der Waals surface area contributed by atoms with Gasteiger partial charge in [-0.15, -0.1) is 0 Å². The molecule has 0 bridgehead atoms. The van der Waals surface area contributed by atoms with E-state index in [1.54, 1.807) is 13.2 Å². The maximum atomic E-state index is 13.9. The number of ether oxygens (including phenoxy) is 1. The Kier molecular flexibility index (Phi) is 5.37. The third-order valence-corrected chi connectivity index (χ3v) is 4.11. The van der Waals surface area contributed by atoms with Gasteiger partial charge in [-0.1, -0.05) is 28.1 Å². The zero-order valence-electron chi connectivity index (χ0n) is 12.4. The summed E-state index contributed by atoms with van der Waals surface area (Å²) < 4.78 is 20.2. The first-order valence-electron chi connectivity index (χ1n) is 6.81. The minimum Gasteiger partial charge on any atom is -0.496 e. The van der Waals surface area contributed by atoms with Gasteiger partial charge in [0.1, 0.15) is 11.6 Å². The van der Waals surface area contributed by atoms with E-state index in [0.29, 0.717) is 12.0 Å². The van der Waals surface area contributed by atoms with E-state index >= 15 is 0 Å². The summed E-state index contributed by atoms with van der Waals surface area (Å²) in [5.74, 6) is 0.667. The monoisotopic (exact) mass is 351 g/mol. The van der Waals surface area contributed by atoms with Gasteiger partial charge >= 0.3 is 0 Å². The van der Waals surface area contributed by atoms with E-state index in [0.717, 1.165) is 21.3 Å². The van der Waals surface area contributed by atoms with Gasteiger partial charge in [0, 0.05) is 10.5 Å². The highest BCUT2D eigenvalue weighted by atomic mass is 79.9. The van der Waals surface area contributed by atoms with Gasteiger partial charge in [-0.25, -0.2) is 4.39 Å². The van der Waals surface area contributed by atoms with Crippen molar-refractivity contribution in [3.05, 3.63) is 63.4 Å². The van der Waals surface area contributed by atoms with Crippen molar-refractivity contribution in [2.75, 3.05) is 14.2 Å². The quantitative estimate of drug-likeness (QED) is 0.861. The Morgan fingerprint density at radius 1 is 1.24 bits per heavy atom. The molecule has 0 saturated heterocycles. The Bertz CT molecular complexity index is 630. The fourth-order valence-corrected chi connectivity index (χ4v) is 2.77. The second-order valence-electron chi connectivity index (χ2n) is 5.01. The molecule has 0 aliphatic rings. The number of rotatable bonds is 5. The van der Waals surface area contributed by atoms with Crippen molar-refractivity contribution in [1.29, 1.82) is 0 Å². The van der Waals surface area contributed by atoms with Crippen LogP contribution in [0.4, 0.5) is 4.39 Å². The molecule has 0 amide bonds. The Morgan fingerprint density at radius 3 is 2.67 bits per heavy atom. The molecule has 0 aromatic heterocycles. The number of likely N-dealkylation sites (N-methyl/N-ethyl adjacent to an activating group) is 1. The predicted molar refractivity (Wildman–Crippen MR) is 87.3 cm³/mol. The predicted octanol–water partition coefficient (Wildman–Crippen LogP) is 4.41. The molecule has 2 rings (SSSR count). The SMILES string of the molecule is CNC(Cc1cc(Br)ccc1F)c1ccc(C)c(OC)c1. The standard InChI is InChI=1S/C17H19BrFNO/c1-11-4-5-12(10-17(11)21-3)16(20-2)9-13-8-14(18)6-7-15(13)19/h4-8,10,16,20H,9H2,1-3H3. The summed E-state index contributed by atoms with van der Waals surface area (Å²) >= 11 is 3.39. The van der Waals surface area contributed by atoms with Crippen LogP contribution in [0.1, 0.15) is 22.7 Å². The summed E-state index contributed by atoms with van der Waals surface area (Å²) in [5.41, 5.74) is 2.85. The Labute approximate surface area is 133 Å². The molecule has 0 aliphatic carbocycles. The van der Waals surface area contributed by atoms with E-state index in [2.05, 4.69) is 27.3 Å². The van der Waals surface area contributed by atoms with Crippen LogP contribution in [0, 0.1) is 12.7 Å². The molecule has 2 aromatic rings. The number of methoxy groups -OCH3 is 1.